The second-order valence-electron chi connectivity index (χ2n) is 4.45. The maximum Gasteiger partial charge on any atom is 0.216 e. The van der Waals surface area contributed by atoms with Gasteiger partial charge in [0.25, 0.3) is 0 Å². The van der Waals surface area contributed by atoms with E-state index in [1.807, 2.05) is 0 Å². The molecule has 0 atom stereocenters. The van der Waals surface area contributed by atoms with Gasteiger partial charge in [0.1, 0.15) is 11.0 Å². The fourth-order valence-electron chi connectivity index (χ4n) is 1.86. The molecule has 2 aromatic rings. The third-order valence-corrected chi connectivity index (χ3v) is 4.92. The number of halogens is 1. The van der Waals surface area contributed by atoms with Gasteiger partial charge < -0.3 is 9.90 Å². The van der Waals surface area contributed by atoms with E-state index < -0.39 is 20.7 Å². The SMILES string of the molecule is N#C/C(=C\c1ccccc1C(=O)[O-])S(=O)(=O)c1ccc(Cl)cc1. The van der Waals surface area contributed by atoms with Gasteiger partial charge in [-0.1, -0.05) is 35.9 Å². The van der Waals surface area contributed by atoms with Gasteiger partial charge in [-0.25, -0.2) is 8.42 Å². The lowest BCUT2D eigenvalue weighted by Crippen LogP contribution is -2.23. The van der Waals surface area contributed by atoms with E-state index in [0.717, 1.165) is 6.08 Å². The number of hydrogen-bond donors (Lipinski definition) is 0. The maximum absolute atomic E-state index is 12.5. The van der Waals surface area contributed by atoms with Crippen LogP contribution < -0.4 is 5.11 Å². The van der Waals surface area contributed by atoms with E-state index in [1.165, 1.54) is 48.5 Å². The molecule has 0 radical (unpaired) electrons. The molecule has 7 heteroatoms. The summed E-state index contributed by atoms with van der Waals surface area (Å²) in [7, 11) is -4.08. The quantitative estimate of drug-likeness (QED) is 0.789. The number of carboxylic acids is 1. The van der Waals surface area contributed by atoms with Crippen LogP contribution in [-0.4, -0.2) is 14.4 Å². The first kappa shape index (κ1) is 16.7. The van der Waals surface area contributed by atoms with Crippen LogP contribution in [0.3, 0.4) is 0 Å². The number of nitrogens with zero attached hydrogens (tertiary/aromatic N) is 1. The molecule has 5 nitrogen and oxygen atoms in total. The number of carbonyl (C=O) groups excluding carboxylic acids is 1. The van der Waals surface area contributed by atoms with Crippen molar-refractivity contribution < 1.29 is 18.3 Å². The van der Waals surface area contributed by atoms with Gasteiger partial charge in [0, 0.05) is 10.6 Å². The highest BCUT2D eigenvalue weighted by atomic mass is 35.5. The van der Waals surface area contributed by atoms with Crippen LogP contribution in [0.4, 0.5) is 0 Å². The first-order valence-electron chi connectivity index (χ1n) is 6.29. The summed E-state index contributed by atoms with van der Waals surface area (Å²) < 4.78 is 24.9. The molecule has 0 aromatic heterocycles. The fourth-order valence-corrected chi connectivity index (χ4v) is 3.14. The lowest BCUT2D eigenvalue weighted by Gasteiger charge is -2.08. The molecule has 0 fully saturated rings. The topological polar surface area (TPSA) is 98.1 Å². The number of rotatable bonds is 4. The lowest BCUT2D eigenvalue weighted by atomic mass is 10.1. The van der Waals surface area contributed by atoms with Crippen molar-refractivity contribution in [2.45, 2.75) is 4.90 Å². The minimum Gasteiger partial charge on any atom is -0.545 e. The van der Waals surface area contributed by atoms with Gasteiger partial charge >= 0.3 is 0 Å². The number of carbonyl (C=O) groups is 1. The van der Waals surface area contributed by atoms with Gasteiger partial charge in [0.05, 0.1) is 10.9 Å². The van der Waals surface area contributed by atoms with Crippen molar-refractivity contribution in [3.63, 3.8) is 0 Å². The highest BCUT2D eigenvalue weighted by Gasteiger charge is 2.21. The van der Waals surface area contributed by atoms with Gasteiger partial charge in [-0.3, -0.25) is 0 Å². The number of allylic oxidation sites excluding steroid dienone is 1. The van der Waals surface area contributed by atoms with Gasteiger partial charge in [0.2, 0.25) is 9.84 Å². The van der Waals surface area contributed by atoms with E-state index in [-0.39, 0.29) is 16.0 Å². The first-order valence-corrected chi connectivity index (χ1v) is 8.15. The second kappa shape index (κ2) is 6.65. The number of benzene rings is 2. The monoisotopic (exact) mass is 346 g/mol. The van der Waals surface area contributed by atoms with Crippen LogP contribution in [0.5, 0.6) is 0 Å². The summed E-state index contributed by atoms with van der Waals surface area (Å²) in [4.78, 5) is 10.4. The van der Waals surface area contributed by atoms with Crippen LogP contribution in [0, 0.1) is 11.3 Å². The molecule has 0 aliphatic carbocycles. The van der Waals surface area contributed by atoms with E-state index in [9.17, 15) is 23.6 Å². The van der Waals surface area contributed by atoms with Crippen LogP contribution >= 0.6 is 11.6 Å². The summed E-state index contributed by atoms with van der Waals surface area (Å²) in [5.74, 6) is -1.46. The minimum absolute atomic E-state index is 0.0709. The normalized spacial score (nSPS) is 11.7. The third-order valence-electron chi connectivity index (χ3n) is 2.99. The molecule has 2 aromatic carbocycles. The Hall–Kier alpha value is -2.62. The summed E-state index contributed by atoms with van der Waals surface area (Å²) in [6.07, 6.45) is 1.01. The summed E-state index contributed by atoms with van der Waals surface area (Å²) in [6.45, 7) is 0. The van der Waals surface area contributed by atoms with Crippen molar-refractivity contribution in [2.24, 2.45) is 0 Å². The molecular weight excluding hydrogens is 338 g/mol. The zero-order valence-electron chi connectivity index (χ0n) is 11.6. The highest BCUT2D eigenvalue weighted by Crippen LogP contribution is 2.23. The van der Waals surface area contributed by atoms with Crippen molar-refractivity contribution in [2.75, 3.05) is 0 Å². The van der Waals surface area contributed by atoms with Crippen LogP contribution in [0.25, 0.3) is 6.08 Å². The molecule has 0 N–H and O–H groups in total. The number of hydrogen-bond acceptors (Lipinski definition) is 5. The molecule has 0 heterocycles. The van der Waals surface area contributed by atoms with Crippen molar-refractivity contribution in [3.8, 4) is 6.07 Å². The Kier molecular flexibility index (Phi) is 4.84. The van der Waals surface area contributed by atoms with E-state index in [0.29, 0.717) is 5.02 Å². The van der Waals surface area contributed by atoms with Crippen molar-refractivity contribution in [1.29, 1.82) is 5.26 Å². The molecule has 0 saturated heterocycles. The smallest absolute Gasteiger partial charge is 0.216 e. The van der Waals surface area contributed by atoms with Crippen molar-refractivity contribution >= 4 is 33.5 Å². The lowest BCUT2D eigenvalue weighted by molar-refractivity contribution is -0.255. The fraction of sp³-hybridized carbons (Fsp3) is 0. The molecule has 0 bridgehead atoms. The molecule has 2 rings (SSSR count). The number of carboxylic acid groups (broad SMARTS) is 1. The van der Waals surface area contributed by atoms with Crippen molar-refractivity contribution in [1.82, 2.24) is 0 Å². The highest BCUT2D eigenvalue weighted by molar-refractivity contribution is 7.95. The molecule has 23 heavy (non-hydrogen) atoms. The van der Waals surface area contributed by atoms with Gasteiger partial charge in [-0.2, -0.15) is 5.26 Å². The van der Waals surface area contributed by atoms with Gasteiger partial charge in [-0.05, 0) is 35.9 Å². The molecular formula is C16H9ClNO4S-. The molecule has 0 amide bonds. The third kappa shape index (κ3) is 3.59. The Morgan fingerprint density at radius 1 is 1.13 bits per heavy atom. The molecule has 0 aliphatic rings. The first-order chi connectivity index (χ1) is 10.9. The Bertz CT molecular complexity index is 925. The van der Waals surface area contributed by atoms with Crippen LogP contribution in [0.1, 0.15) is 15.9 Å². The Labute approximate surface area is 138 Å². The summed E-state index contributed by atoms with van der Waals surface area (Å²) in [5, 5.41) is 20.6. The van der Waals surface area contributed by atoms with E-state index in [2.05, 4.69) is 0 Å². The number of sulfone groups is 1. The van der Waals surface area contributed by atoms with Gasteiger partial charge in [0.15, 0.2) is 0 Å². The zero-order chi connectivity index (χ0) is 17.0. The average Bonchev–Trinajstić information content (AvgIpc) is 2.53. The molecule has 0 saturated carbocycles. The maximum atomic E-state index is 12.5. The van der Waals surface area contributed by atoms with Crippen LogP contribution in [-0.2, 0) is 9.84 Å². The Morgan fingerprint density at radius 3 is 2.30 bits per heavy atom. The minimum atomic E-state index is -4.08. The Morgan fingerprint density at radius 2 is 1.74 bits per heavy atom. The Balaban J connectivity index is 2.58. The molecule has 116 valence electrons. The predicted octanol–water partition coefficient (Wildman–Crippen LogP) is 2.04. The largest absolute Gasteiger partial charge is 0.545 e. The van der Waals surface area contributed by atoms with Crippen LogP contribution in [0.2, 0.25) is 5.02 Å². The van der Waals surface area contributed by atoms with Crippen molar-refractivity contribution in [3.05, 3.63) is 69.6 Å². The number of nitriles is 1. The summed E-state index contributed by atoms with van der Waals surface area (Å²) >= 11 is 5.71. The van der Waals surface area contributed by atoms with E-state index in [4.69, 9.17) is 11.6 Å². The van der Waals surface area contributed by atoms with E-state index in [1.54, 1.807) is 6.07 Å². The average molecular weight is 347 g/mol. The molecule has 0 aliphatic heterocycles. The second-order valence-corrected chi connectivity index (χ2v) is 6.81. The molecule has 0 spiro atoms. The standard InChI is InChI=1S/C16H10ClNO4S/c17-12-5-7-13(8-6-12)23(21,22)14(10-18)9-11-3-1-2-4-15(11)16(19)20/h1-9H,(H,19,20)/p-1/b14-9+. The molecule has 0 unspecified atom stereocenters. The van der Waals surface area contributed by atoms with Crippen LogP contribution in [0.15, 0.2) is 58.3 Å². The predicted molar refractivity (Wildman–Crippen MR) is 83.0 cm³/mol. The zero-order valence-corrected chi connectivity index (χ0v) is 13.1. The number of aromatic carboxylic acids is 1. The van der Waals surface area contributed by atoms with E-state index >= 15 is 0 Å². The summed E-state index contributed by atoms with van der Waals surface area (Å²) in [5.41, 5.74) is -0.131. The summed E-state index contributed by atoms with van der Waals surface area (Å²) in [6, 6.07) is 12.6. The van der Waals surface area contributed by atoms with Gasteiger partial charge in [-0.15, -0.1) is 0 Å².